The Morgan fingerprint density at radius 1 is 1.29 bits per heavy atom. The van der Waals surface area contributed by atoms with E-state index in [2.05, 4.69) is 47.7 Å². The molecule has 0 aromatic carbocycles. The van der Waals surface area contributed by atoms with Crippen LogP contribution in [0.25, 0.3) is 0 Å². The molecule has 0 bridgehead atoms. The molecule has 1 aliphatic rings. The molecule has 2 rings (SSSR count). The molecule has 4 heteroatoms. The molecule has 17 heavy (non-hydrogen) atoms. The fraction of sp³-hybridized carbons (Fsp3) is 0.692. The van der Waals surface area contributed by atoms with Crippen molar-refractivity contribution in [2.24, 2.45) is 11.8 Å². The monoisotopic (exact) mass is 234 g/mol. The molecular weight excluding hydrogens is 212 g/mol. The predicted molar refractivity (Wildman–Crippen MR) is 70.0 cm³/mol. The minimum atomic E-state index is 0.608. The fourth-order valence-electron chi connectivity index (χ4n) is 2.65. The molecule has 0 amide bonds. The standard InChI is InChI=1S/C13H22N4/c1-10(2)11-8-17(9-12(11)16(3)4)13-7-14-5-6-15-13/h5-7,10-12H,8-9H2,1-4H3/t11-,12+/m0/s1. The molecule has 0 spiro atoms. The zero-order chi connectivity index (χ0) is 12.4. The Labute approximate surface area is 104 Å². The number of hydrogen-bond acceptors (Lipinski definition) is 4. The van der Waals surface area contributed by atoms with Crippen molar-refractivity contribution in [3.8, 4) is 0 Å². The van der Waals surface area contributed by atoms with Gasteiger partial charge in [0.25, 0.3) is 0 Å². The normalized spacial score (nSPS) is 24.9. The van der Waals surface area contributed by atoms with Crippen molar-refractivity contribution in [3.05, 3.63) is 18.6 Å². The van der Waals surface area contributed by atoms with Crippen LogP contribution in [0.2, 0.25) is 0 Å². The van der Waals surface area contributed by atoms with Gasteiger partial charge >= 0.3 is 0 Å². The molecule has 1 aromatic rings. The van der Waals surface area contributed by atoms with Crippen molar-refractivity contribution in [1.82, 2.24) is 14.9 Å². The summed E-state index contributed by atoms with van der Waals surface area (Å²) < 4.78 is 0. The summed E-state index contributed by atoms with van der Waals surface area (Å²) in [7, 11) is 4.33. The van der Waals surface area contributed by atoms with Crippen molar-refractivity contribution >= 4 is 5.82 Å². The Morgan fingerprint density at radius 3 is 2.53 bits per heavy atom. The highest BCUT2D eigenvalue weighted by Crippen LogP contribution is 2.29. The Bertz CT molecular complexity index is 334. The number of hydrogen-bond donors (Lipinski definition) is 0. The van der Waals surface area contributed by atoms with Crippen LogP contribution in [0.15, 0.2) is 18.6 Å². The van der Waals surface area contributed by atoms with Crippen LogP contribution < -0.4 is 4.90 Å². The molecule has 0 unspecified atom stereocenters. The third-order valence-corrected chi connectivity index (χ3v) is 3.73. The highest BCUT2D eigenvalue weighted by atomic mass is 15.3. The molecule has 1 fully saturated rings. The summed E-state index contributed by atoms with van der Waals surface area (Å²) in [6.45, 7) is 6.75. The zero-order valence-electron chi connectivity index (χ0n) is 11.2. The first kappa shape index (κ1) is 12.3. The van der Waals surface area contributed by atoms with Crippen molar-refractivity contribution in [3.63, 3.8) is 0 Å². The summed E-state index contributed by atoms with van der Waals surface area (Å²) in [5.41, 5.74) is 0. The summed E-state index contributed by atoms with van der Waals surface area (Å²) >= 11 is 0. The summed E-state index contributed by atoms with van der Waals surface area (Å²) in [6.07, 6.45) is 5.35. The molecular formula is C13H22N4. The predicted octanol–water partition coefficient (Wildman–Crippen LogP) is 1.50. The van der Waals surface area contributed by atoms with Gasteiger partial charge in [-0.25, -0.2) is 4.98 Å². The van der Waals surface area contributed by atoms with Crippen molar-refractivity contribution in [1.29, 1.82) is 0 Å². The van der Waals surface area contributed by atoms with Gasteiger partial charge < -0.3 is 9.80 Å². The maximum Gasteiger partial charge on any atom is 0.147 e. The maximum absolute atomic E-state index is 4.39. The van der Waals surface area contributed by atoms with Gasteiger partial charge in [0.1, 0.15) is 5.82 Å². The number of aromatic nitrogens is 2. The van der Waals surface area contributed by atoms with E-state index in [9.17, 15) is 0 Å². The van der Waals surface area contributed by atoms with Crippen LogP contribution in [0.5, 0.6) is 0 Å². The first-order valence-electron chi connectivity index (χ1n) is 6.27. The Balaban J connectivity index is 2.14. The van der Waals surface area contributed by atoms with Gasteiger partial charge in [0, 0.05) is 31.5 Å². The first-order valence-corrected chi connectivity index (χ1v) is 6.27. The van der Waals surface area contributed by atoms with Crippen LogP contribution in [0.1, 0.15) is 13.8 Å². The van der Waals surface area contributed by atoms with E-state index < -0.39 is 0 Å². The van der Waals surface area contributed by atoms with Gasteiger partial charge in [-0.3, -0.25) is 4.98 Å². The van der Waals surface area contributed by atoms with Gasteiger partial charge in [-0.05, 0) is 25.9 Å². The van der Waals surface area contributed by atoms with Crippen LogP contribution in [0, 0.1) is 11.8 Å². The molecule has 94 valence electrons. The molecule has 1 aromatic heterocycles. The average molecular weight is 234 g/mol. The second-order valence-electron chi connectivity index (χ2n) is 5.41. The molecule has 2 heterocycles. The van der Waals surface area contributed by atoms with E-state index in [-0.39, 0.29) is 0 Å². The first-order chi connectivity index (χ1) is 8.09. The lowest BCUT2D eigenvalue weighted by molar-refractivity contribution is 0.216. The summed E-state index contributed by atoms with van der Waals surface area (Å²) in [6, 6.07) is 0.608. The smallest absolute Gasteiger partial charge is 0.147 e. The van der Waals surface area contributed by atoms with Crippen LogP contribution in [0.4, 0.5) is 5.82 Å². The highest BCUT2D eigenvalue weighted by Gasteiger charge is 2.36. The molecule has 0 radical (unpaired) electrons. The lowest BCUT2D eigenvalue weighted by atomic mass is 9.91. The highest BCUT2D eigenvalue weighted by molar-refractivity contribution is 5.37. The molecule has 4 nitrogen and oxygen atoms in total. The van der Waals surface area contributed by atoms with E-state index in [0.29, 0.717) is 17.9 Å². The van der Waals surface area contributed by atoms with Crippen LogP contribution in [-0.2, 0) is 0 Å². The van der Waals surface area contributed by atoms with Gasteiger partial charge in [0.15, 0.2) is 0 Å². The van der Waals surface area contributed by atoms with Crippen molar-refractivity contribution < 1.29 is 0 Å². The van der Waals surface area contributed by atoms with Crippen molar-refractivity contribution in [2.75, 3.05) is 32.1 Å². The van der Waals surface area contributed by atoms with E-state index in [1.165, 1.54) is 0 Å². The van der Waals surface area contributed by atoms with E-state index in [1.54, 1.807) is 12.4 Å². The fourth-order valence-corrected chi connectivity index (χ4v) is 2.65. The third-order valence-electron chi connectivity index (χ3n) is 3.73. The summed E-state index contributed by atoms with van der Waals surface area (Å²) in [5, 5.41) is 0. The number of likely N-dealkylation sites (N-methyl/N-ethyl adjacent to an activating group) is 1. The van der Waals surface area contributed by atoms with Gasteiger partial charge in [0.2, 0.25) is 0 Å². The minimum absolute atomic E-state index is 0.608. The van der Waals surface area contributed by atoms with E-state index >= 15 is 0 Å². The summed E-state index contributed by atoms with van der Waals surface area (Å²) in [5.74, 6) is 2.40. The molecule has 0 aliphatic carbocycles. The molecule has 0 saturated carbocycles. The average Bonchev–Trinajstić information content (AvgIpc) is 2.75. The van der Waals surface area contributed by atoms with Gasteiger partial charge in [-0.15, -0.1) is 0 Å². The second-order valence-corrected chi connectivity index (χ2v) is 5.41. The Kier molecular flexibility index (Phi) is 3.62. The molecule has 1 aliphatic heterocycles. The SMILES string of the molecule is CC(C)[C@@H]1CN(c2cnccn2)C[C@H]1N(C)C. The largest absolute Gasteiger partial charge is 0.353 e. The van der Waals surface area contributed by atoms with Crippen LogP contribution in [0.3, 0.4) is 0 Å². The molecule has 1 saturated heterocycles. The number of nitrogens with zero attached hydrogens (tertiary/aromatic N) is 4. The van der Waals surface area contributed by atoms with E-state index in [1.807, 2.05) is 6.20 Å². The van der Waals surface area contributed by atoms with E-state index in [4.69, 9.17) is 0 Å². The Morgan fingerprint density at radius 2 is 2.06 bits per heavy atom. The van der Waals surface area contributed by atoms with Crippen molar-refractivity contribution in [2.45, 2.75) is 19.9 Å². The van der Waals surface area contributed by atoms with Gasteiger partial charge in [0.05, 0.1) is 6.20 Å². The van der Waals surface area contributed by atoms with Gasteiger partial charge in [-0.2, -0.15) is 0 Å². The summed E-state index contributed by atoms with van der Waals surface area (Å²) in [4.78, 5) is 13.2. The maximum atomic E-state index is 4.39. The topological polar surface area (TPSA) is 32.3 Å². The van der Waals surface area contributed by atoms with Crippen LogP contribution >= 0.6 is 0 Å². The Hall–Kier alpha value is -1.16. The molecule has 0 N–H and O–H groups in total. The van der Waals surface area contributed by atoms with Gasteiger partial charge in [-0.1, -0.05) is 13.8 Å². The third kappa shape index (κ3) is 2.57. The van der Waals surface area contributed by atoms with E-state index in [0.717, 1.165) is 18.9 Å². The zero-order valence-corrected chi connectivity index (χ0v) is 11.2. The number of rotatable bonds is 3. The second kappa shape index (κ2) is 5.00. The quantitative estimate of drug-likeness (QED) is 0.793. The lowest BCUT2D eigenvalue weighted by Crippen LogP contribution is -2.37. The lowest BCUT2D eigenvalue weighted by Gasteiger charge is -2.27. The van der Waals surface area contributed by atoms with Crippen LogP contribution in [-0.4, -0.2) is 48.1 Å². The number of anilines is 1. The molecule has 2 atom stereocenters. The minimum Gasteiger partial charge on any atom is -0.353 e.